The van der Waals surface area contributed by atoms with Crippen LogP contribution < -0.4 is 4.90 Å². The van der Waals surface area contributed by atoms with Gasteiger partial charge in [0.05, 0.1) is 5.69 Å². The fourth-order valence-corrected chi connectivity index (χ4v) is 3.98. The molecule has 0 radical (unpaired) electrons. The molecule has 1 aromatic carbocycles. The lowest BCUT2D eigenvalue weighted by Gasteiger charge is -2.48. The highest BCUT2D eigenvalue weighted by Gasteiger charge is 2.33. The lowest BCUT2D eigenvalue weighted by Crippen LogP contribution is -2.58. The lowest BCUT2D eigenvalue weighted by molar-refractivity contribution is 0.115. The number of anilines is 1. The molecule has 3 rings (SSSR count). The van der Waals surface area contributed by atoms with Gasteiger partial charge in [0.15, 0.2) is 0 Å². The van der Waals surface area contributed by atoms with Crippen molar-refractivity contribution in [3.05, 3.63) is 28.5 Å². The van der Waals surface area contributed by atoms with E-state index >= 15 is 0 Å². The fraction of sp³-hybridized carbons (Fsp3) is 0.600. The zero-order valence-electron chi connectivity index (χ0n) is 11.3. The quantitative estimate of drug-likeness (QED) is 0.777. The van der Waals surface area contributed by atoms with E-state index in [2.05, 4.69) is 32.7 Å². The fourth-order valence-electron chi connectivity index (χ4n) is 3.40. The van der Waals surface area contributed by atoms with E-state index in [0.29, 0.717) is 12.1 Å². The molecule has 2 nitrogen and oxygen atoms in total. The Morgan fingerprint density at radius 2 is 2.11 bits per heavy atom. The van der Waals surface area contributed by atoms with E-state index in [1.165, 1.54) is 25.8 Å². The normalized spacial score (nSPS) is 28.3. The largest absolute Gasteiger partial charge is 0.365 e. The van der Waals surface area contributed by atoms with Crippen LogP contribution in [-0.4, -0.2) is 36.6 Å². The third kappa shape index (κ3) is 2.65. The zero-order chi connectivity index (χ0) is 13.4. The highest BCUT2D eigenvalue weighted by Crippen LogP contribution is 2.33. The molecular weight excluding hydrogens is 307 g/mol. The van der Waals surface area contributed by atoms with Crippen molar-refractivity contribution < 1.29 is 4.39 Å². The second kappa shape index (κ2) is 5.41. The number of halogens is 2. The summed E-state index contributed by atoms with van der Waals surface area (Å²) in [5.41, 5.74) is 1.12. The molecule has 2 aliphatic rings. The van der Waals surface area contributed by atoms with Gasteiger partial charge in [0.1, 0.15) is 5.82 Å². The monoisotopic (exact) mass is 326 g/mol. The highest BCUT2D eigenvalue weighted by atomic mass is 79.9. The maximum atomic E-state index is 13.2. The molecular formula is C15H20BrFN2. The van der Waals surface area contributed by atoms with E-state index in [4.69, 9.17) is 0 Å². The van der Waals surface area contributed by atoms with E-state index in [-0.39, 0.29) is 5.82 Å². The molecule has 0 bridgehead atoms. The molecule has 19 heavy (non-hydrogen) atoms. The molecule has 0 aromatic heterocycles. The van der Waals surface area contributed by atoms with Gasteiger partial charge in [-0.2, -0.15) is 0 Å². The zero-order valence-corrected chi connectivity index (χ0v) is 12.9. The van der Waals surface area contributed by atoms with Crippen LogP contribution in [0.15, 0.2) is 22.7 Å². The smallest absolute Gasteiger partial charge is 0.124 e. The van der Waals surface area contributed by atoms with Gasteiger partial charge in [0, 0.05) is 29.6 Å². The summed E-state index contributed by atoms with van der Waals surface area (Å²) in [5.74, 6) is -0.181. The number of nitrogens with zero attached hydrogens (tertiary/aromatic N) is 2. The maximum Gasteiger partial charge on any atom is 0.124 e. The van der Waals surface area contributed by atoms with E-state index in [1.807, 2.05) is 6.07 Å². The van der Waals surface area contributed by atoms with Crippen LogP contribution in [0.2, 0.25) is 0 Å². The molecule has 104 valence electrons. The number of fused-ring (bicyclic) bond motifs is 1. The standard InChI is InChI=1S/C15H20BrFN2/c1-11-9-18-7-3-2-4-13(18)10-19(11)15-6-5-12(17)8-14(15)16/h5-6,8,11,13H,2-4,7,9-10H2,1H3. The van der Waals surface area contributed by atoms with E-state index in [9.17, 15) is 4.39 Å². The second-order valence-electron chi connectivity index (χ2n) is 5.74. The van der Waals surface area contributed by atoms with Gasteiger partial charge in [-0.25, -0.2) is 4.39 Å². The average Bonchev–Trinajstić information content (AvgIpc) is 2.38. The van der Waals surface area contributed by atoms with Crippen LogP contribution in [0.4, 0.5) is 10.1 Å². The summed E-state index contributed by atoms with van der Waals surface area (Å²) in [6.07, 6.45) is 3.97. The van der Waals surface area contributed by atoms with Crippen LogP contribution in [0.3, 0.4) is 0 Å². The number of piperidine rings is 1. The molecule has 2 heterocycles. The summed E-state index contributed by atoms with van der Waals surface area (Å²) in [6, 6.07) is 6.17. The van der Waals surface area contributed by atoms with Crippen LogP contribution in [0, 0.1) is 5.82 Å². The Bertz CT molecular complexity index is 465. The molecule has 0 saturated carbocycles. The van der Waals surface area contributed by atoms with Crippen molar-refractivity contribution in [1.29, 1.82) is 0 Å². The average molecular weight is 327 g/mol. The predicted octanol–water partition coefficient (Wildman–Crippen LogP) is 3.65. The van der Waals surface area contributed by atoms with E-state index < -0.39 is 0 Å². The summed E-state index contributed by atoms with van der Waals surface area (Å²) in [6.45, 7) is 5.69. The van der Waals surface area contributed by atoms with Crippen molar-refractivity contribution in [2.75, 3.05) is 24.5 Å². The topological polar surface area (TPSA) is 6.48 Å². The summed E-state index contributed by atoms with van der Waals surface area (Å²) >= 11 is 3.50. The third-order valence-corrected chi connectivity index (χ3v) is 5.04. The van der Waals surface area contributed by atoms with Gasteiger partial charge in [0.2, 0.25) is 0 Å². The minimum atomic E-state index is -0.181. The molecule has 0 amide bonds. The minimum Gasteiger partial charge on any atom is -0.365 e. The van der Waals surface area contributed by atoms with Crippen molar-refractivity contribution >= 4 is 21.6 Å². The van der Waals surface area contributed by atoms with Crippen molar-refractivity contribution in [1.82, 2.24) is 4.90 Å². The van der Waals surface area contributed by atoms with Gasteiger partial charge >= 0.3 is 0 Å². The molecule has 2 aliphatic heterocycles. The summed E-state index contributed by atoms with van der Waals surface area (Å²) in [4.78, 5) is 5.05. The van der Waals surface area contributed by atoms with Crippen LogP contribution in [0.25, 0.3) is 0 Å². The Hall–Kier alpha value is -0.610. The summed E-state index contributed by atoms with van der Waals surface area (Å²) < 4.78 is 14.1. The Morgan fingerprint density at radius 3 is 2.89 bits per heavy atom. The van der Waals surface area contributed by atoms with Crippen LogP contribution in [0.5, 0.6) is 0 Å². The van der Waals surface area contributed by atoms with Crippen molar-refractivity contribution in [2.45, 2.75) is 38.3 Å². The first-order valence-corrected chi connectivity index (χ1v) is 7.90. The lowest BCUT2D eigenvalue weighted by atomic mass is 9.96. The number of rotatable bonds is 1. The van der Waals surface area contributed by atoms with Crippen molar-refractivity contribution in [3.8, 4) is 0 Å². The number of benzene rings is 1. The SMILES string of the molecule is CC1CN2CCCCC2CN1c1ccc(F)cc1Br. The Labute approximate surface area is 122 Å². The molecule has 0 N–H and O–H groups in total. The van der Waals surface area contributed by atoms with Gasteiger partial charge in [0.25, 0.3) is 0 Å². The number of piperazine rings is 1. The molecule has 0 spiro atoms. The van der Waals surface area contributed by atoms with Crippen LogP contribution in [0.1, 0.15) is 26.2 Å². The van der Waals surface area contributed by atoms with Gasteiger partial charge in [-0.15, -0.1) is 0 Å². The number of hydrogen-bond acceptors (Lipinski definition) is 2. The van der Waals surface area contributed by atoms with Crippen molar-refractivity contribution in [3.63, 3.8) is 0 Å². The maximum absolute atomic E-state index is 13.2. The second-order valence-corrected chi connectivity index (χ2v) is 6.60. The molecule has 2 atom stereocenters. The van der Waals surface area contributed by atoms with Gasteiger partial charge in [-0.1, -0.05) is 6.42 Å². The summed E-state index contributed by atoms with van der Waals surface area (Å²) in [7, 11) is 0. The Kier molecular flexibility index (Phi) is 3.81. The van der Waals surface area contributed by atoms with Crippen LogP contribution in [-0.2, 0) is 0 Å². The van der Waals surface area contributed by atoms with Gasteiger partial charge in [-0.3, -0.25) is 4.90 Å². The van der Waals surface area contributed by atoms with Gasteiger partial charge < -0.3 is 4.90 Å². The Balaban J connectivity index is 1.83. The first-order valence-electron chi connectivity index (χ1n) is 7.11. The minimum absolute atomic E-state index is 0.181. The molecule has 0 aliphatic carbocycles. The third-order valence-electron chi connectivity index (χ3n) is 4.41. The first-order chi connectivity index (χ1) is 9.15. The molecule has 4 heteroatoms. The van der Waals surface area contributed by atoms with Gasteiger partial charge in [-0.05, 0) is 60.4 Å². The first kappa shape index (κ1) is 13.4. The molecule has 2 unspecified atom stereocenters. The van der Waals surface area contributed by atoms with Crippen LogP contribution >= 0.6 is 15.9 Å². The van der Waals surface area contributed by atoms with Crippen molar-refractivity contribution in [2.24, 2.45) is 0 Å². The van der Waals surface area contributed by atoms with E-state index in [1.54, 1.807) is 12.1 Å². The molecule has 2 saturated heterocycles. The number of hydrogen-bond donors (Lipinski definition) is 0. The van der Waals surface area contributed by atoms with E-state index in [0.717, 1.165) is 23.2 Å². The highest BCUT2D eigenvalue weighted by molar-refractivity contribution is 9.10. The predicted molar refractivity (Wildman–Crippen MR) is 80.1 cm³/mol. The summed E-state index contributed by atoms with van der Waals surface area (Å²) in [5, 5.41) is 0. The molecule has 1 aromatic rings. The molecule has 2 fully saturated rings. The Morgan fingerprint density at radius 1 is 1.26 bits per heavy atom.